The van der Waals surface area contributed by atoms with Gasteiger partial charge in [0.25, 0.3) is 0 Å². The summed E-state index contributed by atoms with van der Waals surface area (Å²) in [6.07, 6.45) is -2.38. The number of ether oxygens (including phenoxy) is 2. The first-order valence-corrected chi connectivity index (χ1v) is 11.6. The van der Waals surface area contributed by atoms with Gasteiger partial charge in [-0.1, -0.05) is 13.0 Å². The van der Waals surface area contributed by atoms with Gasteiger partial charge >= 0.3 is 5.97 Å². The average molecular weight is 449 g/mol. The molecule has 1 aromatic carbocycles. The highest BCUT2D eigenvalue weighted by atomic mass is 16.7. The van der Waals surface area contributed by atoms with Crippen LogP contribution in [0.1, 0.15) is 56.1 Å². The van der Waals surface area contributed by atoms with E-state index in [1.165, 1.54) is 11.1 Å². The molecule has 32 heavy (non-hydrogen) atoms. The number of aliphatic hydroxyl groups is 3. The van der Waals surface area contributed by atoms with Crippen molar-refractivity contribution < 1.29 is 39.8 Å². The molecule has 176 valence electrons. The summed E-state index contributed by atoms with van der Waals surface area (Å²) in [5.74, 6) is 0.312. The number of hydrogen-bond acceptors (Lipinski definition) is 7. The molecule has 1 aromatic rings. The van der Waals surface area contributed by atoms with E-state index in [2.05, 4.69) is 13.0 Å². The number of aryl methyl sites for hydroxylation is 1. The second kappa shape index (κ2) is 7.95. The topological polar surface area (TPSA) is 137 Å². The van der Waals surface area contributed by atoms with Gasteiger partial charge in [-0.15, -0.1) is 0 Å². The van der Waals surface area contributed by atoms with Gasteiger partial charge in [-0.2, -0.15) is 0 Å². The first kappa shape index (κ1) is 22.1. The minimum absolute atomic E-state index is 0.140. The van der Waals surface area contributed by atoms with E-state index in [1.54, 1.807) is 6.07 Å². The molecule has 8 nitrogen and oxygen atoms in total. The van der Waals surface area contributed by atoms with E-state index in [0.717, 1.165) is 38.5 Å². The van der Waals surface area contributed by atoms with E-state index in [1.807, 2.05) is 6.07 Å². The molecule has 0 amide bonds. The van der Waals surface area contributed by atoms with Crippen LogP contribution in [0.4, 0.5) is 0 Å². The molecule has 0 aromatic heterocycles. The van der Waals surface area contributed by atoms with Gasteiger partial charge in [0.05, 0.1) is 6.10 Å². The Morgan fingerprint density at radius 2 is 1.88 bits per heavy atom. The molecule has 0 bridgehead atoms. The molecule has 8 heteroatoms. The van der Waals surface area contributed by atoms with Crippen molar-refractivity contribution in [2.24, 2.45) is 17.3 Å². The summed E-state index contributed by atoms with van der Waals surface area (Å²) in [5.41, 5.74) is 2.45. The van der Waals surface area contributed by atoms with E-state index in [-0.39, 0.29) is 11.5 Å². The number of phenols is 1. The van der Waals surface area contributed by atoms with Gasteiger partial charge in [0.2, 0.25) is 0 Å². The van der Waals surface area contributed by atoms with Crippen LogP contribution >= 0.6 is 0 Å². The van der Waals surface area contributed by atoms with Crippen LogP contribution in [-0.2, 0) is 20.7 Å². The molecule has 0 radical (unpaired) electrons. The van der Waals surface area contributed by atoms with Crippen molar-refractivity contribution in [3.63, 3.8) is 0 Å². The van der Waals surface area contributed by atoms with Crippen molar-refractivity contribution in [3.05, 3.63) is 29.3 Å². The first-order valence-electron chi connectivity index (χ1n) is 11.6. The monoisotopic (exact) mass is 448 g/mol. The van der Waals surface area contributed by atoms with Gasteiger partial charge in [0.1, 0.15) is 24.1 Å². The fourth-order valence-corrected chi connectivity index (χ4v) is 7.07. The van der Waals surface area contributed by atoms with Crippen LogP contribution in [0, 0.1) is 17.3 Å². The molecule has 0 spiro atoms. The fraction of sp³-hybridized carbons (Fsp3) is 0.708. The highest BCUT2D eigenvalue weighted by Crippen LogP contribution is 2.61. The average Bonchev–Trinajstić information content (AvgIpc) is 3.09. The first-order chi connectivity index (χ1) is 15.2. The number of rotatable bonds is 3. The maximum Gasteiger partial charge on any atom is 0.335 e. The predicted molar refractivity (Wildman–Crippen MR) is 112 cm³/mol. The molecule has 10 atom stereocenters. The maximum absolute atomic E-state index is 11.4. The lowest BCUT2D eigenvalue weighted by atomic mass is 9.55. The quantitative estimate of drug-likeness (QED) is 0.470. The van der Waals surface area contributed by atoms with Gasteiger partial charge < -0.3 is 35.0 Å². The Morgan fingerprint density at radius 1 is 1.09 bits per heavy atom. The van der Waals surface area contributed by atoms with Gasteiger partial charge in [-0.05, 0) is 85.0 Å². The maximum atomic E-state index is 11.4. The van der Waals surface area contributed by atoms with E-state index in [0.29, 0.717) is 23.5 Å². The molecule has 1 heterocycles. The fourth-order valence-electron chi connectivity index (χ4n) is 7.07. The Bertz CT molecular complexity index is 889. The zero-order valence-electron chi connectivity index (χ0n) is 18.1. The Morgan fingerprint density at radius 3 is 2.62 bits per heavy atom. The number of carboxylic acids is 1. The molecule has 4 aliphatic rings. The van der Waals surface area contributed by atoms with Gasteiger partial charge in [-0.3, -0.25) is 0 Å². The van der Waals surface area contributed by atoms with E-state index in [4.69, 9.17) is 9.47 Å². The number of aliphatic hydroxyl groups excluding tert-OH is 3. The molecule has 3 fully saturated rings. The molecule has 5 rings (SSSR count). The summed E-state index contributed by atoms with van der Waals surface area (Å²) in [7, 11) is 0. The predicted octanol–water partition coefficient (Wildman–Crippen LogP) is 1.53. The van der Waals surface area contributed by atoms with Crippen molar-refractivity contribution in [3.8, 4) is 5.75 Å². The molecule has 0 unspecified atom stereocenters. The third-order valence-electron chi connectivity index (χ3n) is 8.73. The van der Waals surface area contributed by atoms with Crippen LogP contribution in [0.25, 0.3) is 0 Å². The normalized spacial score (nSPS) is 45.6. The molecule has 1 aliphatic heterocycles. The van der Waals surface area contributed by atoms with Crippen molar-refractivity contribution in [1.82, 2.24) is 0 Å². The summed E-state index contributed by atoms with van der Waals surface area (Å²) >= 11 is 0. The van der Waals surface area contributed by atoms with Gasteiger partial charge in [0.15, 0.2) is 12.4 Å². The van der Waals surface area contributed by atoms with Crippen molar-refractivity contribution in [1.29, 1.82) is 0 Å². The third kappa shape index (κ3) is 3.35. The van der Waals surface area contributed by atoms with Crippen LogP contribution in [0.3, 0.4) is 0 Å². The molecular formula is C24H32O8. The lowest BCUT2D eigenvalue weighted by molar-refractivity contribution is -0.312. The highest BCUT2D eigenvalue weighted by Gasteiger charge is 2.57. The van der Waals surface area contributed by atoms with E-state index in [9.17, 15) is 30.3 Å². The lowest BCUT2D eigenvalue weighted by Gasteiger charge is -2.51. The van der Waals surface area contributed by atoms with Crippen LogP contribution in [0.15, 0.2) is 18.2 Å². The number of aromatic hydroxyl groups is 1. The van der Waals surface area contributed by atoms with Crippen molar-refractivity contribution in [2.45, 2.75) is 88.2 Å². The second-order valence-corrected chi connectivity index (χ2v) is 10.3. The summed E-state index contributed by atoms with van der Waals surface area (Å²) in [6, 6.07) is 5.73. The Kier molecular flexibility index (Phi) is 5.49. The van der Waals surface area contributed by atoms with Gasteiger partial charge in [-0.25, -0.2) is 4.79 Å². The SMILES string of the molecule is C[C@@]12CC[C@H]3c4ccc(O)cc4CC[C@@H]3[C@H]1CC[C@H]2O[C@H]1O[C@@H](C(=O)O)[C@H](O)[C@@H](O)[C@@H]1O. The lowest BCUT2D eigenvalue weighted by Crippen LogP contribution is -2.61. The number of hydrogen-bond donors (Lipinski definition) is 5. The zero-order chi connectivity index (χ0) is 22.8. The second-order valence-electron chi connectivity index (χ2n) is 10.3. The third-order valence-corrected chi connectivity index (χ3v) is 8.73. The smallest absolute Gasteiger partial charge is 0.335 e. The number of carboxylic acid groups (broad SMARTS) is 1. The minimum Gasteiger partial charge on any atom is -0.508 e. The standard InChI is InChI=1S/C24H32O8/c1-24-9-8-14-13-5-3-12(25)10-11(13)2-4-15(14)16(24)6-7-17(24)31-23-20(28)18(26)19(27)21(32-23)22(29)30/h3,5,10,14-21,23,25-28H,2,4,6-9H2,1H3,(H,29,30)/t14-,15-,16+,17+,18+,19+,20-,21+,23-,24+/m0/s1. The number of fused-ring (bicyclic) bond motifs is 5. The molecule has 5 N–H and O–H groups in total. The number of aliphatic carboxylic acids is 1. The van der Waals surface area contributed by atoms with Crippen molar-refractivity contribution >= 4 is 5.97 Å². The molecule has 2 saturated carbocycles. The summed E-state index contributed by atoms with van der Waals surface area (Å²) in [5, 5.41) is 49.6. The van der Waals surface area contributed by atoms with Crippen LogP contribution < -0.4 is 0 Å². The van der Waals surface area contributed by atoms with E-state index < -0.39 is 36.7 Å². The largest absolute Gasteiger partial charge is 0.508 e. The molecule has 3 aliphatic carbocycles. The van der Waals surface area contributed by atoms with E-state index >= 15 is 0 Å². The Balaban J connectivity index is 1.34. The van der Waals surface area contributed by atoms with Gasteiger partial charge in [0, 0.05) is 0 Å². The number of carbonyl (C=O) groups is 1. The zero-order valence-corrected chi connectivity index (χ0v) is 18.1. The Hall–Kier alpha value is -1.71. The summed E-state index contributed by atoms with van der Waals surface area (Å²) in [6.45, 7) is 2.22. The molecule has 1 saturated heterocycles. The van der Waals surface area contributed by atoms with Crippen LogP contribution in [0.2, 0.25) is 0 Å². The Labute approximate surface area is 186 Å². The summed E-state index contributed by atoms with van der Waals surface area (Å²) < 4.78 is 11.5. The number of benzene rings is 1. The summed E-state index contributed by atoms with van der Waals surface area (Å²) in [4.78, 5) is 11.4. The highest BCUT2D eigenvalue weighted by molar-refractivity contribution is 5.73. The van der Waals surface area contributed by atoms with Crippen molar-refractivity contribution in [2.75, 3.05) is 0 Å². The molecular weight excluding hydrogens is 416 g/mol. The van der Waals surface area contributed by atoms with Crippen LogP contribution in [-0.4, -0.2) is 68.3 Å². The minimum atomic E-state index is -1.72. The number of phenolic OH excluding ortho intramolecular Hbond substituents is 1. The van der Waals surface area contributed by atoms with Crippen LogP contribution in [0.5, 0.6) is 5.75 Å².